The first kappa shape index (κ1) is 20.3. The third kappa shape index (κ3) is 4.30. The van der Waals surface area contributed by atoms with Crippen LogP contribution in [0.5, 0.6) is 11.5 Å². The molecule has 4 aromatic rings. The molecule has 0 spiro atoms. The predicted octanol–water partition coefficient (Wildman–Crippen LogP) is 6.97. The zero-order valence-corrected chi connectivity index (χ0v) is 17.8. The molecule has 0 aliphatic heterocycles. The molecule has 0 unspecified atom stereocenters. The van der Waals surface area contributed by atoms with Gasteiger partial charge < -0.3 is 14.0 Å². The number of para-hydroxylation sites is 1. The van der Waals surface area contributed by atoms with Gasteiger partial charge in [-0.05, 0) is 61.0 Å². The number of hydrogen-bond acceptors (Lipinski definition) is 3. The monoisotopic (exact) mass is 439 g/mol. The van der Waals surface area contributed by atoms with Gasteiger partial charge in [0.25, 0.3) is 0 Å². The Bertz CT molecular complexity index is 1200. The average molecular weight is 440 g/mol. The van der Waals surface area contributed by atoms with Gasteiger partial charge in [0.15, 0.2) is 0 Å². The second-order valence-corrected chi connectivity index (χ2v) is 7.53. The van der Waals surface area contributed by atoms with E-state index in [9.17, 15) is 4.79 Å². The van der Waals surface area contributed by atoms with Crippen molar-refractivity contribution < 1.29 is 14.3 Å². The quantitative estimate of drug-likeness (QED) is 0.304. The van der Waals surface area contributed by atoms with E-state index < -0.39 is 0 Å². The molecule has 0 bridgehead atoms. The zero-order chi connectivity index (χ0) is 21.1. The van der Waals surface area contributed by atoms with Crippen LogP contribution in [0.3, 0.4) is 0 Å². The third-order valence-electron chi connectivity index (χ3n) is 4.66. The van der Waals surface area contributed by atoms with E-state index in [0.717, 1.165) is 22.2 Å². The number of esters is 1. The van der Waals surface area contributed by atoms with Crippen molar-refractivity contribution in [1.82, 2.24) is 4.57 Å². The molecule has 4 rings (SSSR count). The molecule has 3 aromatic carbocycles. The van der Waals surface area contributed by atoms with E-state index in [1.165, 1.54) is 0 Å². The van der Waals surface area contributed by atoms with E-state index in [4.69, 9.17) is 32.7 Å². The van der Waals surface area contributed by atoms with Crippen LogP contribution in [0.4, 0.5) is 0 Å². The fourth-order valence-corrected chi connectivity index (χ4v) is 3.62. The summed E-state index contributed by atoms with van der Waals surface area (Å²) >= 11 is 12.2. The Morgan fingerprint density at radius 1 is 0.900 bits per heavy atom. The Morgan fingerprint density at radius 2 is 1.70 bits per heavy atom. The van der Waals surface area contributed by atoms with Gasteiger partial charge in [-0.25, -0.2) is 4.79 Å². The molecule has 0 fully saturated rings. The van der Waals surface area contributed by atoms with Crippen molar-refractivity contribution in [2.45, 2.75) is 13.5 Å². The third-order valence-corrected chi connectivity index (χ3v) is 5.40. The smallest absolute Gasteiger partial charge is 0.354 e. The van der Waals surface area contributed by atoms with Gasteiger partial charge in [0.1, 0.15) is 17.2 Å². The van der Waals surface area contributed by atoms with Gasteiger partial charge in [-0.15, -0.1) is 0 Å². The Balaban J connectivity index is 1.74. The number of hydrogen-bond donors (Lipinski definition) is 0. The van der Waals surface area contributed by atoms with E-state index in [-0.39, 0.29) is 5.97 Å². The summed E-state index contributed by atoms with van der Waals surface area (Å²) in [5.41, 5.74) is 2.29. The normalized spacial score (nSPS) is 10.9. The van der Waals surface area contributed by atoms with Crippen LogP contribution in [0.25, 0.3) is 10.9 Å². The van der Waals surface area contributed by atoms with Crippen molar-refractivity contribution in [3.05, 3.63) is 94.1 Å². The molecule has 0 aliphatic carbocycles. The highest BCUT2D eigenvalue weighted by Crippen LogP contribution is 2.30. The summed E-state index contributed by atoms with van der Waals surface area (Å²) in [6.45, 7) is 2.54. The molecule has 30 heavy (non-hydrogen) atoms. The SMILES string of the molecule is CCOC(=O)c1cc2cc(Oc3ccccc3)ccc2n1Cc1ccc(Cl)c(Cl)c1. The topological polar surface area (TPSA) is 40.5 Å². The van der Waals surface area contributed by atoms with Gasteiger partial charge in [0.2, 0.25) is 0 Å². The maximum Gasteiger partial charge on any atom is 0.354 e. The van der Waals surface area contributed by atoms with Crippen LogP contribution < -0.4 is 4.74 Å². The standard InChI is InChI=1S/C24H19Cl2NO3/c1-2-29-24(28)23-14-17-13-19(30-18-6-4-3-5-7-18)9-11-22(17)27(23)15-16-8-10-20(25)21(26)12-16/h3-14H,2,15H2,1H3. The second kappa shape index (κ2) is 8.82. The first-order chi connectivity index (χ1) is 14.5. The van der Waals surface area contributed by atoms with Crippen molar-refractivity contribution >= 4 is 40.1 Å². The number of benzene rings is 3. The highest BCUT2D eigenvalue weighted by Gasteiger charge is 2.18. The van der Waals surface area contributed by atoms with Crippen LogP contribution in [0.2, 0.25) is 10.0 Å². The summed E-state index contributed by atoms with van der Waals surface area (Å²) in [6, 6.07) is 22.6. The summed E-state index contributed by atoms with van der Waals surface area (Å²) in [5, 5.41) is 1.85. The summed E-state index contributed by atoms with van der Waals surface area (Å²) < 4.78 is 13.1. The van der Waals surface area contributed by atoms with Crippen molar-refractivity contribution in [1.29, 1.82) is 0 Å². The van der Waals surface area contributed by atoms with E-state index in [0.29, 0.717) is 34.6 Å². The van der Waals surface area contributed by atoms with Crippen LogP contribution in [-0.2, 0) is 11.3 Å². The minimum atomic E-state index is -0.376. The number of aromatic nitrogens is 1. The molecule has 0 saturated carbocycles. The number of ether oxygens (including phenoxy) is 2. The van der Waals surface area contributed by atoms with Gasteiger partial charge in [0, 0.05) is 17.4 Å². The second-order valence-electron chi connectivity index (χ2n) is 6.72. The number of rotatable bonds is 6. The molecule has 1 aromatic heterocycles. The number of fused-ring (bicyclic) bond motifs is 1. The zero-order valence-electron chi connectivity index (χ0n) is 16.3. The first-order valence-corrected chi connectivity index (χ1v) is 10.3. The van der Waals surface area contributed by atoms with Gasteiger partial charge in [-0.1, -0.05) is 47.5 Å². The highest BCUT2D eigenvalue weighted by atomic mass is 35.5. The van der Waals surface area contributed by atoms with Crippen LogP contribution in [-0.4, -0.2) is 17.1 Å². The molecule has 1 heterocycles. The molecule has 4 nitrogen and oxygen atoms in total. The highest BCUT2D eigenvalue weighted by molar-refractivity contribution is 6.42. The Labute approximate surface area is 184 Å². The number of carbonyl (C=O) groups is 1. The molecule has 0 aliphatic rings. The van der Waals surface area contributed by atoms with Crippen molar-refractivity contribution in [2.75, 3.05) is 6.61 Å². The molecule has 0 saturated heterocycles. The number of halogens is 2. The Hall–Kier alpha value is -2.95. The number of carbonyl (C=O) groups excluding carboxylic acids is 1. The lowest BCUT2D eigenvalue weighted by molar-refractivity contribution is 0.0515. The molecule has 152 valence electrons. The largest absolute Gasteiger partial charge is 0.461 e. The minimum Gasteiger partial charge on any atom is -0.461 e. The number of nitrogens with zero attached hydrogens (tertiary/aromatic N) is 1. The predicted molar refractivity (Wildman–Crippen MR) is 120 cm³/mol. The molecule has 0 amide bonds. The van der Waals surface area contributed by atoms with Crippen LogP contribution in [0.1, 0.15) is 23.0 Å². The lowest BCUT2D eigenvalue weighted by Crippen LogP contribution is -2.12. The van der Waals surface area contributed by atoms with Crippen molar-refractivity contribution in [2.24, 2.45) is 0 Å². The average Bonchev–Trinajstić information content (AvgIpc) is 3.09. The summed E-state index contributed by atoms with van der Waals surface area (Å²) in [7, 11) is 0. The summed E-state index contributed by atoms with van der Waals surface area (Å²) in [6.07, 6.45) is 0. The summed E-state index contributed by atoms with van der Waals surface area (Å²) in [4.78, 5) is 12.6. The van der Waals surface area contributed by atoms with Crippen molar-refractivity contribution in [3.63, 3.8) is 0 Å². The maximum absolute atomic E-state index is 12.6. The molecular formula is C24H19Cl2NO3. The van der Waals surface area contributed by atoms with Gasteiger partial charge in [0.05, 0.1) is 16.7 Å². The van der Waals surface area contributed by atoms with E-state index in [2.05, 4.69) is 0 Å². The van der Waals surface area contributed by atoms with E-state index >= 15 is 0 Å². The summed E-state index contributed by atoms with van der Waals surface area (Å²) in [5.74, 6) is 1.06. The Kier molecular flexibility index (Phi) is 5.98. The fourth-order valence-electron chi connectivity index (χ4n) is 3.30. The molecule has 0 N–H and O–H groups in total. The maximum atomic E-state index is 12.6. The molecular weight excluding hydrogens is 421 g/mol. The fraction of sp³-hybridized carbons (Fsp3) is 0.125. The first-order valence-electron chi connectivity index (χ1n) is 9.52. The van der Waals surface area contributed by atoms with E-state index in [1.54, 1.807) is 19.1 Å². The lowest BCUT2D eigenvalue weighted by atomic mass is 10.2. The molecule has 6 heteroatoms. The Morgan fingerprint density at radius 3 is 2.43 bits per heavy atom. The van der Waals surface area contributed by atoms with Crippen LogP contribution in [0.15, 0.2) is 72.8 Å². The van der Waals surface area contributed by atoms with Gasteiger partial charge >= 0.3 is 5.97 Å². The lowest BCUT2D eigenvalue weighted by Gasteiger charge is -2.11. The van der Waals surface area contributed by atoms with Crippen LogP contribution in [0, 0.1) is 0 Å². The van der Waals surface area contributed by atoms with E-state index in [1.807, 2.05) is 65.2 Å². The van der Waals surface area contributed by atoms with Crippen LogP contribution >= 0.6 is 23.2 Å². The van der Waals surface area contributed by atoms with Gasteiger partial charge in [-0.2, -0.15) is 0 Å². The molecule has 0 atom stereocenters. The van der Waals surface area contributed by atoms with Crippen molar-refractivity contribution in [3.8, 4) is 11.5 Å². The van der Waals surface area contributed by atoms with Gasteiger partial charge in [-0.3, -0.25) is 0 Å². The minimum absolute atomic E-state index is 0.301. The molecule has 0 radical (unpaired) electrons.